The van der Waals surface area contributed by atoms with Gasteiger partial charge in [0.2, 0.25) is 0 Å². The van der Waals surface area contributed by atoms with Crippen LogP contribution in [0.1, 0.15) is 57.1 Å². The van der Waals surface area contributed by atoms with E-state index in [-0.39, 0.29) is 17.7 Å². The van der Waals surface area contributed by atoms with Gasteiger partial charge in [-0.05, 0) is 50.8 Å². The molecule has 116 valence electrons. The number of rotatable bonds is 4. The SMILES string of the molecule is C[C@H](N)c1cc(Br)ccc1OCC1CCC2(CCCC2)O1. The lowest BCUT2D eigenvalue weighted by Gasteiger charge is -2.24. The molecule has 21 heavy (non-hydrogen) atoms. The zero-order valence-electron chi connectivity index (χ0n) is 12.6. The van der Waals surface area contributed by atoms with Gasteiger partial charge in [0.15, 0.2) is 0 Å². The van der Waals surface area contributed by atoms with E-state index < -0.39 is 0 Å². The van der Waals surface area contributed by atoms with Crippen LogP contribution in [0.2, 0.25) is 0 Å². The summed E-state index contributed by atoms with van der Waals surface area (Å²) in [7, 11) is 0. The maximum Gasteiger partial charge on any atom is 0.124 e. The zero-order chi connectivity index (χ0) is 14.9. The topological polar surface area (TPSA) is 44.5 Å². The fourth-order valence-electron chi connectivity index (χ4n) is 3.59. The van der Waals surface area contributed by atoms with Crippen molar-refractivity contribution in [2.45, 2.75) is 63.2 Å². The van der Waals surface area contributed by atoms with Gasteiger partial charge < -0.3 is 15.2 Å². The van der Waals surface area contributed by atoms with Gasteiger partial charge in [0.1, 0.15) is 12.4 Å². The molecule has 1 aromatic carbocycles. The van der Waals surface area contributed by atoms with Crippen molar-refractivity contribution >= 4 is 15.9 Å². The molecule has 1 saturated carbocycles. The molecule has 2 aliphatic rings. The van der Waals surface area contributed by atoms with Gasteiger partial charge in [0, 0.05) is 16.1 Å². The molecule has 1 spiro atoms. The molecule has 1 aliphatic carbocycles. The van der Waals surface area contributed by atoms with Crippen molar-refractivity contribution in [1.29, 1.82) is 0 Å². The van der Waals surface area contributed by atoms with Crippen molar-refractivity contribution in [2.24, 2.45) is 5.73 Å². The molecule has 3 rings (SSSR count). The van der Waals surface area contributed by atoms with Crippen molar-refractivity contribution in [3.8, 4) is 5.75 Å². The molecule has 1 heterocycles. The molecule has 4 heteroatoms. The van der Waals surface area contributed by atoms with E-state index in [0.29, 0.717) is 6.61 Å². The number of ether oxygens (including phenoxy) is 2. The van der Waals surface area contributed by atoms with Crippen LogP contribution in [-0.2, 0) is 4.74 Å². The Balaban J connectivity index is 1.61. The van der Waals surface area contributed by atoms with Crippen LogP contribution in [0, 0.1) is 0 Å². The Morgan fingerprint density at radius 1 is 1.38 bits per heavy atom. The molecule has 2 fully saturated rings. The highest BCUT2D eigenvalue weighted by atomic mass is 79.9. The first kappa shape index (κ1) is 15.3. The van der Waals surface area contributed by atoms with E-state index in [4.69, 9.17) is 15.2 Å². The third kappa shape index (κ3) is 3.43. The Labute approximate surface area is 135 Å². The smallest absolute Gasteiger partial charge is 0.124 e. The van der Waals surface area contributed by atoms with Crippen LogP contribution in [0.15, 0.2) is 22.7 Å². The molecule has 1 aliphatic heterocycles. The van der Waals surface area contributed by atoms with Crippen molar-refractivity contribution < 1.29 is 9.47 Å². The van der Waals surface area contributed by atoms with Crippen molar-refractivity contribution in [3.63, 3.8) is 0 Å². The summed E-state index contributed by atoms with van der Waals surface area (Å²) in [5, 5.41) is 0. The highest BCUT2D eigenvalue weighted by molar-refractivity contribution is 9.10. The van der Waals surface area contributed by atoms with Crippen LogP contribution in [0.5, 0.6) is 5.75 Å². The van der Waals surface area contributed by atoms with Gasteiger partial charge in [-0.15, -0.1) is 0 Å². The monoisotopic (exact) mass is 353 g/mol. The van der Waals surface area contributed by atoms with E-state index in [0.717, 1.165) is 22.2 Å². The standard InChI is InChI=1S/C17H24BrNO2/c1-12(19)15-10-13(18)4-5-16(15)20-11-14-6-9-17(21-14)7-2-3-8-17/h4-5,10,12,14H,2-3,6-9,11,19H2,1H3/t12-,14?/m0/s1. The van der Waals surface area contributed by atoms with E-state index in [9.17, 15) is 0 Å². The minimum atomic E-state index is -0.0387. The van der Waals surface area contributed by atoms with Crippen LogP contribution in [0.4, 0.5) is 0 Å². The lowest BCUT2D eigenvalue weighted by atomic mass is 9.98. The van der Waals surface area contributed by atoms with Gasteiger partial charge in [-0.3, -0.25) is 0 Å². The average Bonchev–Trinajstić information content (AvgIpc) is 3.08. The van der Waals surface area contributed by atoms with Crippen LogP contribution in [-0.4, -0.2) is 18.3 Å². The highest BCUT2D eigenvalue weighted by Gasteiger charge is 2.42. The third-order valence-corrected chi connectivity index (χ3v) is 5.23. The van der Waals surface area contributed by atoms with Crippen molar-refractivity contribution in [3.05, 3.63) is 28.2 Å². The molecule has 0 aromatic heterocycles. The lowest BCUT2D eigenvalue weighted by molar-refractivity contribution is -0.0509. The second-order valence-corrected chi connectivity index (χ2v) is 7.37. The molecule has 2 atom stereocenters. The summed E-state index contributed by atoms with van der Waals surface area (Å²) in [5.74, 6) is 0.879. The minimum absolute atomic E-state index is 0.0387. The van der Waals surface area contributed by atoms with Gasteiger partial charge >= 0.3 is 0 Å². The van der Waals surface area contributed by atoms with Gasteiger partial charge in [-0.1, -0.05) is 28.8 Å². The molecular formula is C17H24BrNO2. The molecule has 0 radical (unpaired) electrons. The van der Waals surface area contributed by atoms with Gasteiger partial charge in [-0.2, -0.15) is 0 Å². The Morgan fingerprint density at radius 3 is 2.86 bits per heavy atom. The van der Waals surface area contributed by atoms with Crippen molar-refractivity contribution in [2.75, 3.05) is 6.61 Å². The molecule has 1 unspecified atom stereocenters. The quantitative estimate of drug-likeness (QED) is 0.875. The van der Waals surface area contributed by atoms with Gasteiger partial charge in [0.25, 0.3) is 0 Å². The van der Waals surface area contributed by atoms with Crippen LogP contribution in [0.25, 0.3) is 0 Å². The van der Waals surface area contributed by atoms with E-state index in [1.54, 1.807) is 0 Å². The largest absolute Gasteiger partial charge is 0.491 e. The third-order valence-electron chi connectivity index (χ3n) is 4.74. The Morgan fingerprint density at radius 2 is 2.14 bits per heavy atom. The average molecular weight is 354 g/mol. The number of benzene rings is 1. The first-order chi connectivity index (χ1) is 10.1. The predicted molar refractivity (Wildman–Crippen MR) is 87.5 cm³/mol. The molecular weight excluding hydrogens is 330 g/mol. The minimum Gasteiger partial charge on any atom is -0.491 e. The zero-order valence-corrected chi connectivity index (χ0v) is 14.2. The first-order valence-electron chi connectivity index (χ1n) is 7.94. The molecule has 1 aromatic rings. The summed E-state index contributed by atoms with van der Waals surface area (Å²) in [4.78, 5) is 0. The summed E-state index contributed by atoms with van der Waals surface area (Å²) >= 11 is 3.49. The lowest BCUT2D eigenvalue weighted by Crippen LogP contribution is -2.27. The number of hydrogen-bond donors (Lipinski definition) is 1. The highest BCUT2D eigenvalue weighted by Crippen LogP contribution is 2.43. The summed E-state index contributed by atoms with van der Waals surface area (Å²) in [5.41, 5.74) is 7.25. The molecule has 2 N–H and O–H groups in total. The maximum atomic E-state index is 6.29. The van der Waals surface area contributed by atoms with Gasteiger partial charge in [-0.25, -0.2) is 0 Å². The summed E-state index contributed by atoms with van der Waals surface area (Å²) in [6.45, 7) is 2.61. The Hall–Kier alpha value is -0.580. The fraction of sp³-hybridized carbons (Fsp3) is 0.647. The summed E-state index contributed by atoms with van der Waals surface area (Å²) in [6, 6.07) is 5.98. The van der Waals surface area contributed by atoms with E-state index in [2.05, 4.69) is 15.9 Å². The van der Waals surface area contributed by atoms with Crippen molar-refractivity contribution in [1.82, 2.24) is 0 Å². The van der Waals surface area contributed by atoms with E-state index in [1.165, 1.54) is 32.1 Å². The van der Waals surface area contributed by atoms with E-state index in [1.807, 2.05) is 25.1 Å². The molecule has 0 bridgehead atoms. The summed E-state index contributed by atoms with van der Waals surface area (Å²) < 4.78 is 13.3. The van der Waals surface area contributed by atoms with Crippen LogP contribution < -0.4 is 10.5 Å². The fourth-order valence-corrected chi connectivity index (χ4v) is 3.97. The Kier molecular flexibility index (Phi) is 4.57. The first-order valence-corrected chi connectivity index (χ1v) is 8.73. The van der Waals surface area contributed by atoms with Crippen LogP contribution >= 0.6 is 15.9 Å². The number of nitrogens with two attached hydrogens (primary N) is 1. The predicted octanol–water partition coefficient (Wildman–Crippen LogP) is 4.34. The van der Waals surface area contributed by atoms with Gasteiger partial charge in [0.05, 0.1) is 11.7 Å². The molecule has 1 saturated heterocycles. The van der Waals surface area contributed by atoms with E-state index >= 15 is 0 Å². The normalized spacial score (nSPS) is 25.4. The molecule has 0 amide bonds. The summed E-state index contributed by atoms with van der Waals surface area (Å²) in [6.07, 6.45) is 7.63. The van der Waals surface area contributed by atoms with Crippen LogP contribution in [0.3, 0.4) is 0 Å². The second-order valence-electron chi connectivity index (χ2n) is 6.45. The maximum absolute atomic E-state index is 6.29. The number of hydrogen-bond acceptors (Lipinski definition) is 3. The Bertz CT molecular complexity index is 498. The molecule has 3 nitrogen and oxygen atoms in total. The number of halogens is 1. The second kappa shape index (κ2) is 6.27.